The summed E-state index contributed by atoms with van der Waals surface area (Å²) in [5, 5.41) is 2.85. The first-order chi connectivity index (χ1) is 21.6. The molecule has 0 aromatic heterocycles. The number of hydrogen-bond acceptors (Lipinski definition) is 5. The summed E-state index contributed by atoms with van der Waals surface area (Å²) in [7, 11) is -4.34. The first-order valence-corrected chi connectivity index (χ1v) is 16.2. The predicted octanol–water partition coefficient (Wildman–Crippen LogP) is 5.50. The van der Waals surface area contributed by atoms with E-state index in [9.17, 15) is 22.4 Å². The number of anilines is 1. The molecule has 4 aromatic carbocycles. The zero-order valence-corrected chi connectivity index (χ0v) is 26.5. The molecule has 2 amide bonds. The SMILES string of the molecule is CCNC(=O)C(Cc1ccccc1)N(Cc1cccc(C)c1)C(=O)CN(c1ccc(OCC)cc1)S(=O)(=O)c1ccc(F)cc1. The van der Waals surface area contributed by atoms with E-state index in [1.165, 1.54) is 4.90 Å². The highest BCUT2D eigenvalue weighted by atomic mass is 32.2. The number of ether oxygens (including phenoxy) is 1. The molecular formula is C35H38FN3O5S. The van der Waals surface area contributed by atoms with Crippen molar-refractivity contribution in [3.63, 3.8) is 0 Å². The monoisotopic (exact) mass is 631 g/mol. The maximum atomic E-state index is 14.4. The maximum Gasteiger partial charge on any atom is 0.264 e. The number of nitrogens with one attached hydrogen (secondary N) is 1. The van der Waals surface area contributed by atoms with Crippen molar-refractivity contribution in [1.29, 1.82) is 0 Å². The number of rotatable bonds is 14. The van der Waals surface area contributed by atoms with E-state index < -0.39 is 34.3 Å². The van der Waals surface area contributed by atoms with Crippen LogP contribution in [0.2, 0.25) is 0 Å². The first kappa shape index (κ1) is 33.2. The van der Waals surface area contributed by atoms with Crippen LogP contribution < -0.4 is 14.4 Å². The molecule has 0 aliphatic carbocycles. The lowest BCUT2D eigenvalue weighted by molar-refractivity contribution is -0.140. The van der Waals surface area contributed by atoms with Crippen LogP contribution in [0.1, 0.15) is 30.5 Å². The molecule has 0 aliphatic heterocycles. The van der Waals surface area contributed by atoms with Gasteiger partial charge >= 0.3 is 0 Å². The summed E-state index contributed by atoms with van der Waals surface area (Å²) in [6, 6.07) is 26.8. The van der Waals surface area contributed by atoms with Crippen LogP contribution in [-0.2, 0) is 32.6 Å². The topological polar surface area (TPSA) is 96.0 Å². The molecule has 4 rings (SSSR count). The Balaban J connectivity index is 1.79. The number of carbonyl (C=O) groups excluding carboxylic acids is 2. The van der Waals surface area contributed by atoms with Gasteiger partial charge in [0.1, 0.15) is 24.2 Å². The number of aryl methyl sites for hydroxylation is 1. The zero-order valence-electron chi connectivity index (χ0n) is 25.6. The molecule has 0 fully saturated rings. The van der Waals surface area contributed by atoms with Gasteiger partial charge in [-0.3, -0.25) is 13.9 Å². The fourth-order valence-corrected chi connectivity index (χ4v) is 6.41. The molecule has 0 bridgehead atoms. The molecule has 10 heteroatoms. The van der Waals surface area contributed by atoms with Crippen LogP contribution >= 0.6 is 0 Å². The predicted molar refractivity (Wildman–Crippen MR) is 173 cm³/mol. The summed E-state index contributed by atoms with van der Waals surface area (Å²) in [6.07, 6.45) is 0.220. The van der Waals surface area contributed by atoms with Crippen LogP contribution in [0.5, 0.6) is 5.75 Å². The van der Waals surface area contributed by atoms with Gasteiger partial charge in [0.05, 0.1) is 17.2 Å². The Hall–Kier alpha value is -4.70. The van der Waals surface area contributed by atoms with Gasteiger partial charge in [-0.2, -0.15) is 0 Å². The van der Waals surface area contributed by atoms with Crippen molar-refractivity contribution in [3.8, 4) is 5.75 Å². The van der Waals surface area contributed by atoms with Gasteiger partial charge in [0.2, 0.25) is 11.8 Å². The standard InChI is InChI=1S/C35H38FN3O5S/c1-4-37-35(41)33(23-27-11-7-6-8-12-27)38(24-28-13-9-10-26(3)22-28)34(40)25-39(30-16-18-31(19-17-30)44-5-2)45(42,43)32-20-14-29(36)15-21-32/h6-22,33H,4-5,23-25H2,1-3H3,(H,37,41). The van der Waals surface area contributed by atoms with Crippen LogP contribution in [0, 0.1) is 12.7 Å². The van der Waals surface area contributed by atoms with Crippen LogP contribution in [0.15, 0.2) is 108 Å². The number of sulfonamides is 1. The lowest BCUT2D eigenvalue weighted by atomic mass is 10.0. The lowest BCUT2D eigenvalue weighted by Gasteiger charge is -2.34. The van der Waals surface area contributed by atoms with E-state index in [0.717, 1.165) is 45.3 Å². The number of hydrogen-bond donors (Lipinski definition) is 1. The highest BCUT2D eigenvalue weighted by Gasteiger charge is 2.34. The molecule has 0 saturated carbocycles. The van der Waals surface area contributed by atoms with Crippen molar-refractivity contribution >= 4 is 27.5 Å². The average Bonchev–Trinajstić information content (AvgIpc) is 3.03. The lowest BCUT2D eigenvalue weighted by Crippen LogP contribution is -2.53. The minimum Gasteiger partial charge on any atom is -0.494 e. The van der Waals surface area contributed by atoms with Gasteiger partial charge < -0.3 is 15.0 Å². The largest absolute Gasteiger partial charge is 0.494 e. The van der Waals surface area contributed by atoms with E-state index in [0.29, 0.717) is 18.9 Å². The van der Waals surface area contributed by atoms with E-state index in [2.05, 4.69) is 5.32 Å². The summed E-state index contributed by atoms with van der Waals surface area (Å²) in [5.74, 6) is -0.987. The minimum atomic E-state index is -4.34. The van der Waals surface area contributed by atoms with Crippen molar-refractivity contribution in [1.82, 2.24) is 10.2 Å². The maximum absolute atomic E-state index is 14.4. The Kier molecular flexibility index (Phi) is 11.3. The summed E-state index contributed by atoms with van der Waals surface area (Å²) in [4.78, 5) is 29.2. The van der Waals surface area contributed by atoms with Crippen LogP contribution in [-0.4, -0.2) is 50.9 Å². The molecule has 1 N–H and O–H groups in total. The molecule has 1 unspecified atom stereocenters. The Morgan fingerprint density at radius 3 is 2.16 bits per heavy atom. The molecule has 0 saturated heterocycles. The van der Waals surface area contributed by atoms with E-state index in [1.54, 1.807) is 31.2 Å². The molecule has 236 valence electrons. The Labute approximate surface area is 264 Å². The van der Waals surface area contributed by atoms with Gasteiger partial charge in [0.15, 0.2) is 0 Å². The van der Waals surface area contributed by atoms with Crippen molar-refractivity contribution in [2.45, 2.75) is 44.7 Å². The third-order valence-corrected chi connectivity index (χ3v) is 8.96. The van der Waals surface area contributed by atoms with E-state index in [-0.39, 0.29) is 29.5 Å². The van der Waals surface area contributed by atoms with Gasteiger partial charge in [0.25, 0.3) is 10.0 Å². The Morgan fingerprint density at radius 2 is 1.53 bits per heavy atom. The molecular weight excluding hydrogens is 593 g/mol. The van der Waals surface area contributed by atoms with Crippen LogP contribution in [0.25, 0.3) is 0 Å². The molecule has 45 heavy (non-hydrogen) atoms. The van der Waals surface area contributed by atoms with Crippen molar-refractivity contribution in [2.75, 3.05) is 24.0 Å². The van der Waals surface area contributed by atoms with Gasteiger partial charge in [-0.15, -0.1) is 0 Å². The highest BCUT2D eigenvalue weighted by molar-refractivity contribution is 7.92. The van der Waals surface area contributed by atoms with Crippen molar-refractivity contribution in [3.05, 3.63) is 126 Å². The fourth-order valence-electron chi connectivity index (χ4n) is 4.99. The second-order valence-electron chi connectivity index (χ2n) is 10.5. The number of likely N-dealkylation sites (N-methyl/N-ethyl adjacent to an activating group) is 1. The average molecular weight is 632 g/mol. The third-order valence-electron chi connectivity index (χ3n) is 7.17. The number of amides is 2. The molecule has 0 spiro atoms. The number of halogens is 1. The third kappa shape index (κ3) is 8.69. The fraction of sp³-hybridized carbons (Fsp3) is 0.257. The Morgan fingerprint density at radius 1 is 0.867 bits per heavy atom. The molecule has 0 heterocycles. The molecule has 0 aliphatic rings. The quantitative estimate of drug-likeness (QED) is 0.198. The molecule has 0 radical (unpaired) electrons. The van der Waals surface area contributed by atoms with E-state index in [4.69, 9.17) is 4.74 Å². The van der Waals surface area contributed by atoms with Gasteiger partial charge in [-0.25, -0.2) is 12.8 Å². The number of benzene rings is 4. The van der Waals surface area contributed by atoms with Gasteiger partial charge in [0, 0.05) is 19.5 Å². The van der Waals surface area contributed by atoms with Crippen LogP contribution in [0.4, 0.5) is 10.1 Å². The minimum absolute atomic E-state index is 0.0723. The highest BCUT2D eigenvalue weighted by Crippen LogP contribution is 2.27. The second kappa shape index (κ2) is 15.3. The Bertz CT molecular complexity index is 1680. The first-order valence-electron chi connectivity index (χ1n) is 14.8. The van der Waals surface area contributed by atoms with Crippen molar-refractivity contribution in [2.24, 2.45) is 0 Å². The van der Waals surface area contributed by atoms with E-state index >= 15 is 0 Å². The smallest absolute Gasteiger partial charge is 0.264 e. The van der Waals surface area contributed by atoms with Crippen molar-refractivity contribution < 1.29 is 27.1 Å². The normalized spacial score (nSPS) is 11.8. The van der Waals surface area contributed by atoms with E-state index in [1.807, 2.05) is 68.4 Å². The molecule has 4 aromatic rings. The molecule has 8 nitrogen and oxygen atoms in total. The number of nitrogens with zero attached hydrogens (tertiary/aromatic N) is 2. The van der Waals surface area contributed by atoms with Crippen LogP contribution in [0.3, 0.4) is 0 Å². The zero-order chi connectivity index (χ0) is 32.4. The summed E-state index contributed by atoms with van der Waals surface area (Å²) in [6.45, 7) is 5.81. The summed E-state index contributed by atoms with van der Waals surface area (Å²) >= 11 is 0. The summed E-state index contributed by atoms with van der Waals surface area (Å²) < 4.78 is 48.3. The number of carbonyl (C=O) groups is 2. The second-order valence-corrected chi connectivity index (χ2v) is 12.4. The molecule has 1 atom stereocenters. The van der Waals surface area contributed by atoms with Gasteiger partial charge in [-0.1, -0.05) is 60.2 Å². The summed E-state index contributed by atoms with van der Waals surface area (Å²) in [5.41, 5.74) is 2.83. The van der Waals surface area contributed by atoms with Gasteiger partial charge in [-0.05, 0) is 80.4 Å².